The highest BCUT2D eigenvalue weighted by molar-refractivity contribution is 7.09. The second-order valence-electron chi connectivity index (χ2n) is 8.24. The van der Waals surface area contributed by atoms with Crippen molar-refractivity contribution >= 4 is 17.2 Å². The van der Waals surface area contributed by atoms with Gasteiger partial charge in [-0.25, -0.2) is 4.98 Å². The molecule has 3 heterocycles. The highest BCUT2D eigenvalue weighted by Crippen LogP contribution is 2.39. The molecule has 2 saturated heterocycles. The largest absolute Gasteiger partial charge is 0.494 e. The van der Waals surface area contributed by atoms with Crippen LogP contribution in [0.4, 0.5) is 0 Å². The Balaban J connectivity index is 1.24. The zero-order valence-electron chi connectivity index (χ0n) is 17.9. The lowest BCUT2D eigenvalue weighted by Crippen LogP contribution is -2.44. The molecule has 1 unspecified atom stereocenters. The van der Waals surface area contributed by atoms with Crippen molar-refractivity contribution in [1.82, 2.24) is 15.2 Å². The average molecular weight is 430 g/mol. The summed E-state index contributed by atoms with van der Waals surface area (Å²) in [5.41, 5.74) is 1.73. The number of likely N-dealkylation sites (tertiary alicyclic amines) is 1. The topological polar surface area (TPSA) is 63.7 Å². The van der Waals surface area contributed by atoms with Gasteiger partial charge in [0.2, 0.25) is 0 Å². The van der Waals surface area contributed by atoms with Gasteiger partial charge in [0.15, 0.2) is 0 Å². The van der Waals surface area contributed by atoms with Crippen molar-refractivity contribution < 1.29 is 14.3 Å². The summed E-state index contributed by atoms with van der Waals surface area (Å²) in [5.74, 6) is 0.884. The summed E-state index contributed by atoms with van der Waals surface area (Å²) in [4.78, 5) is 19.0. The minimum atomic E-state index is -0.105. The fourth-order valence-electron chi connectivity index (χ4n) is 4.46. The molecule has 162 valence electrons. The van der Waals surface area contributed by atoms with Crippen LogP contribution in [0.1, 0.15) is 53.7 Å². The molecule has 1 spiro atoms. The van der Waals surface area contributed by atoms with Crippen LogP contribution in [0.3, 0.4) is 0 Å². The minimum Gasteiger partial charge on any atom is -0.494 e. The fourth-order valence-corrected chi connectivity index (χ4v) is 5.06. The SMILES string of the molecule is CCOc1ccccc1CN1CCC2(CCC(CNC(=O)c3csc(C)n3)O2)CC1. The van der Waals surface area contributed by atoms with Gasteiger partial charge >= 0.3 is 0 Å². The number of carbonyl (C=O) groups is 1. The number of carbonyl (C=O) groups excluding carboxylic acids is 1. The second-order valence-corrected chi connectivity index (χ2v) is 9.30. The van der Waals surface area contributed by atoms with E-state index in [1.54, 1.807) is 5.38 Å². The predicted octanol–water partition coefficient (Wildman–Crippen LogP) is 3.79. The predicted molar refractivity (Wildman–Crippen MR) is 118 cm³/mol. The number of para-hydroxylation sites is 1. The zero-order valence-corrected chi connectivity index (χ0v) is 18.7. The average Bonchev–Trinajstić information content (AvgIpc) is 3.36. The van der Waals surface area contributed by atoms with E-state index in [0.29, 0.717) is 18.8 Å². The van der Waals surface area contributed by atoms with Crippen molar-refractivity contribution in [3.05, 3.63) is 45.9 Å². The van der Waals surface area contributed by atoms with Gasteiger partial charge in [0.1, 0.15) is 11.4 Å². The van der Waals surface area contributed by atoms with Crippen LogP contribution in [0.5, 0.6) is 5.75 Å². The number of amides is 1. The van der Waals surface area contributed by atoms with Crippen LogP contribution in [-0.4, -0.2) is 53.7 Å². The van der Waals surface area contributed by atoms with Crippen LogP contribution >= 0.6 is 11.3 Å². The van der Waals surface area contributed by atoms with Crippen LogP contribution in [0.15, 0.2) is 29.6 Å². The quantitative estimate of drug-likeness (QED) is 0.725. The van der Waals surface area contributed by atoms with Crippen LogP contribution in [0.2, 0.25) is 0 Å². The van der Waals surface area contributed by atoms with Crippen LogP contribution < -0.4 is 10.1 Å². The lowest BCUT2D eigenvalue weighted by Gasteiger charge is -2.39. The third-order valence-corrected chi connectivity index (χ3v) is 6.89. The number of rotatable bonds is 7. The Morgan fingerprint density at radius 2 is 2.13 bits per heavy atom. The molecule has 1 aromatic heterocycles. The van der Waals surface area contributed by atoms with Gasteiger partial charge in [-0.15, -0.1) is 11.3 Å². The number of aromatic nitrogens is 1. The summed E-state index contributed by atoms with van der Waals surface area (Å²) in [7, 11) is 0. The Labute approximate surface area is 182 Å². The third-order valence-electron chi connectivity index (χ3n) is 6.11. The Morgan fingerprint density at radius 1 is 1.33 bits per heavy atom. The van der Waals surface area contributed by atoms with E-state index in [4.69, 9.17) is 9.47 Å². The molecule has 4 rings (SSSR count). The Morgan fingerprint density at radius 3 is 2.87 bits per heavy atom. The number of hydrogen-bond donors (Lipinski definition) is 1. The Bertz CT molecular complexity index is 861. The van der Waals surface area contributed by atoms with E-state index in [1.165, 1.54) is 16.9 Å². The minimum absolute atomic E-state index is 0.0252. The molecule has 2 aliphatic heterocycles. The summed E-state index contributed by atoms with van der Waals surface area (Å²) >= 11 is 1.50. The molecule has 0 saturated carbocycles. The molecule has 0 aliphatic carbocycles. The molecule has 2 aromatic rings. The number of nitrogens with zero attached hydrogens (tertiary/aromatic N) is 2. The summed E-state index contributed by atoms with van der Waals surface area (Å²) in [6, 6.07) is 8.32. The molecule has 0 bridgehead atoms. The van der Waals surface area contributed by atoms with E-state index in [0.717, 1.165) is 56.1 Å². The van der Waals surface area contributed by atoms with E-state index in [2.05, 4.69) is 33.4 Å². The van der Waals surface area contributed by atoms with Gasteiger partial charge < -0.3 is 14.8 Å². The third kappa shape index (κ3) is 5.02. The molecule has 30 heavy (non-hydrogen) atoms. The first-order chi connectivity index (χ1) is 14.6. The van der Waals surface area contributed by atoms with Gasteiger partial charge in [-0.1, -0.05) is 18.2 Å². The maximum Gasteiger partial charge on any atom is 0.270 e. The van der Waals surface area contributed by atoms with Crippen molar-refractivity contribution in [2.75, 3.05) is 26.2 Å². The standard InChI is InChI=1S/C23H31N3O3S/c1-3-28-21-7-5-4-6-18(21)15-26-12-10-23(11-13-26)9-8-19(29-23)14-24-22(27)20-16-30-17(2)25-20/h4-7,16,19H,3,8-15H2,1-2H3,(H,24,27). The Hall–Kier alpha value is -1.96. The summed E-state index contributed by atoms with van der Waals surface area (Å²) in [5, 5.41) is 5.71. The van der Waals surface area contributed by atoms with Crippen molar-refractivity contribution in [2.24, 2.45) is 0 Å². The first-order valence-electron chi connectivity index (χ1n) is 10.9. The van der Waals surface area contributed by atoms with E-state index < -0.39 is 0 Å². The first-order valence-corrected chi connectivity index (χ1v) is 11.8. The second kappa shape index (κ2) is 9.45. The molecule has 1 N–H and O–H groups in total. The smallest absolute Gasteiger partial charge is 0.270 e. The molecule has 1 aromatic carbocycles. The molecule has 2 aliphatic rings. The zero-order chi connectivity index (χ0) is 21.0. The highest BCUT2D eigenvalue weighted by Gasteiger charge is 2.42. The molecular formula is C23H31N3O3S. The first kappa shape index (κ1) is 21.3. The maximum atomic E-state index is 12.2. The number of piperidine rings is 1. The normalized spacial score (nSPS) is 21.1. The van der Waals surface area contributed by atoms with E-state index in [-0.39, 0.29) is 17.6 Å². The lowest BCUT2D eigenvalue weighted by atomic mass is 9.88. The lowest BCUT2D eigenvalue weighted by molar-refractivity contribution is -0.0765. The van der Waals surface area contributed by atoms with Crippen molar-refractivity contribution in [2.45, 2.75) is 57.8 Å². The number of thiazole rings is 1. The summed E-state index contributed by atoms with van der Waals surface area (Å²) < 4.78 is 12.2. The van der Waals surface area contributed by atoms with Crippen molar-refractivity contribution in [1.29, 1.82) is 0 Å². The number of nitrogens with one attached hydrogen (secondary N) is 1. The number of hydrogen-bond acceptors (Lipinski definition) is 6. The monoisotopic (exact) mass is 429 g/mol. The van der Waals surface area contributed by atoms with E-state index in [9.17, 15) is 4.79 Å². The van der Waals surface area contributed by atoms with Crippen LogP contribution in [0, 0.1) is 6.92 Å². The fraction of sp³-hybridized carbons (Fsp3) is 0.565. The molecule has 2 fully saturated rings. The van der Waals surface area contributed by atoms with Gasteiger partial charge in [-0.2, -0.15) is 0 Å². The molecule has 0 radical (unpaired) electrons. The molecule has 1 atom stereocenters. The highest BCUT2D eigenvalue weighted by atomic mass is 32.1. The van der Waals surface area contributed by atoms with Crippen LogP contribution in [0.25, 0.3) is 0 Å². The van der Waals surface area contributed by atoms with E-state index in [1.807, 2.05) is 19.9 Å². The molecular weight excluding hydrogens is 398 g/mol. The summed E-state index contributed by atoms with van der Waals surface area (Å²) in [6.45, 7) is 8.15. The summed E-state index contributed by atoms with van der Waals surface area (Å²) in [6.07, 6.45) is 4.26. The Kier molecular flexibility index (Phi) is 6.71. The molecule has 7 heteroatoms. The number of ether oxygens (including phenoxy) is 2. The number of benzene rings is 1. The van der Waals surface area contributed by atoms with E-state index >= 15 is 0 Å². The number of aryl methyl sites for hydroxylation is 1. The van der Waals surface area contributed by atoms with Gasteiger partial charge in [-0.05, 0) is 45.6 Å². The van der Waals surface area contributed by atoms with Crippen molar-refractivity contribution in [3.8, 4) is 5.75 Å². The molecule has 1 amide bonds. The van der Waals surface area contributed by atoms with Gasteiger partial charge in [-0.3, -0.25) is 9.69 Å². The van der Waals surface area contributed by atoms with Crippen LogP contribution in [-0.2, 0) is 11.3 Å². The molecule has 6 nitrogen and oxygen atoms in total. The van der Waals surface area contributed by atoms with Gasteiger partial charge in [0.05, 0.1) is 23.3 Å². The van der Waals surface area contributed by atoms with Gasteiger partial charge in [0, 0.05) is 37.1 Å². The van der Waals surface area contributed by atoms with Gasteiger partial charge in [0.25, 0.3) is 5.91 Å². The van der Waals surface area contributed by atoms with Crippen molar-refractivity contribution in [3.63, 3.8) is 0 Å². The maximum absolute atomic E-state index is 12.2.